The van der Waals surface area contributed by atoms with Gasteiger partial charge in [-0.2, -0.15) is 26.3 Å². The fourth-order valence-electron chi connectivity index (χ4n) is 4.92. The summed E-state index contributed by atoms with van der Waals surface area (Å²) >= 11 is 0. The van der Waals surface area contributed by atoms with Crippen LogP contribution in [0.3, 0.4) is 0 Å². The Morgan fingerprint density at radius 3 is 2.33 bits per heavy atom. The number of alkyl halides is 6. The fraction of sp³-hybridized carbons (Fsp3) is 0.269. The lowest BCUT2D eigenvalue weighted by atomic mass is 9.86. The Morgan fingerprint density at radius 2 is 1.67 bits per heavy atom. The van der Waals surface area contributed by atoms with E-state index in [1.54, 1.807) is 0 Å². The van der Waals surface area contributed by atoms with Crippen molar-refractivity contribution >= 4 is 28.2 Å². The molecule has 3 heterocycles. The molecular formula is C26H21F6N5O2. The predicted octanol–water partition coefficient (Wildman–Crippen LogP) is 5.64. The van der Waals surface area contributed by atoms with Gasteiger partial charge in [0.15, 0.2) is 11.5 Å². The highest BCUT2D eigenvalue weighted by molar-refractivity contribution is 6.05. The number of aliphatic hydroxyl groups is 1. The minimum absolute atomic E-state index is 0.00321. The van der Waals surface area contributed by atoms with E-state index in [4.69, 9.17) is 5.73 Å². The first kappa shape index (κ1) is 26.5. The molecule has 2 bridgehead atoms. The van der Waals surface area contributed by atoms with E-state index in [9.17, 15) is 36.2 Å². The molecule has 3 aromatic rings. The topological polar surface area (TPSA) is 104 Å². The summed E-state index contributed by atoms with van der Waals surface area (Å²) in [4.78, 5) is 14.8. The quantitative estimate of drug-likeness (QED) is 0.364. The molecule has 1 amide bonds. The van der Waals surface area contributed by atoms with Crippen molar-refractivity contribution in [3.63, 3.8) is 0 Å². The Morgan fingerprint density at radius 1 is 0.949 bits per heavy atom. The molecular weight excluding hydrogens is 528 g/mol. The van der Waals surface area contributed by atoms with Gasteiger partial charge in [0.2, 0.25) is 0 Å². The summed E-state index contributed by atoms with van der Waals surface area (Å²) in [5.74, 6) is -0.751. The van der Waals surface area contributed by atoms with E-state index in [1.165, 1.54) is 36.4 Å². The van der Waals surface area contributed by atoms with Crippen LogP contribution in [-0.2, 0) is 5.60 Å². The van der Waals surface area contributed by atoms with E-state index in [2.05, 4.69) is 15.5 Å². The second-order valence-electron chi connectivity index (χ2n) is 9.21. The molecule has 1 fully saturated rings. The molecule has 0 unspecified atom stereocenters. The van der Waals surface area contributed by atoms with Crippen LogP contribution in [0.2, 0.25) is 0 Å². The van der Waals surface area contributed by atoms with Gasteiger partial charge in [0.1, 0.15) is 0 Å². The number of aromatic nitrogens is 2. The second-order valence-corrected chi connectivity index (χ2v) is 9.21. The molecule has 0 saturated carbocycles. The van der Waals surface area contributed by atoms with Crippen molar-refractivity contribution in [3.05, 3.63) is 83.0 Å². The van der Waals surface area contributed by atoms with Crippen molar-refractivity contribution in [1.82, 2.24) is 10.2 Å². The van der Waals surface area contributed by atoms with Crippen LogP contribution in [0.5, 0.6) is 0 Å². The lowest BCUT2D eigenvalue weighted by Gasteiger charge is -2.36. The molecule has 39 heavy (non-hydrogen) atoms. The second kappa shape index (κ2) is 9.26. The molecule has 4 N–H and O–H groups in total. The number of nitrogens with two attached hydrogens (primary N) is 1. The number of halogens is 6. The molecule has 2 aromatic carbocycles. The van der Waals surface area contributed by atoms with Gasteiger partial charge in [-0.05, 0) is 48.2 Å². The van der Waals surface area contributed by atoms with Crippen molar-refractivity contribution < 1.29 is 36.2 Å². The molecule has 204 valence electrons. The van der Waals surface area contributed by atoms with Crippen LogP contribution in [0.1, 0.15) is 41.7 Å². The van der Waals surface area contributed by atoms with Gasteiger partial charge in [-0.3, -0.25) is 9.69 Å². The molecule has 0 atom stereocenters. The third-order valence-electron chi connectivity index (χ3n) is 6.80. The molecule has 7 nitrogen and oxygen atoms in total. The van der Waals surface area contributed by atoms with Gasteiger partial charge in [0.25, 0.3) is 11.5 Å². The molecule has 13 heteroatoms. The van der Waals surface area contributed by atoms with Gasteiger partial charge in [-0.25, -0.2) is 0 Å². The van der Waals surface area contributed by atoms with Crippen molar-refractivity contribution in [2.24, 2.45) is 5.73 Å². The van der Waals surface area contributed by atoms with Gasteiger partial charge >= 0.3 is 12.4 Å². The zero-order valence-corrected chi connectivity index (χ0v) is 20.1. The third-order valence-corrected chi connectivity index (χ3v) is 6.80. The number of amides is 1. The van der Waals surface area contributed by atoms with Gasteiger partial charge in [-0.1, -0.05) is 36.4 Å². The Balaban J connectivity index is 1.53. The molecule has 0 spiro atoms. The number of anilines is 2. The predicted molar refractivity (Wildman–Crippen MR) is 130 cm³/mol. The molecule has 5 rings (SSSR count). The smallest absolute Gasteiger partial charge is 0.400 e. The number of carbonyl (C=O) groups is 1. The summed E-state index contributed by atoms with van der Waals surface area (Å²) < 4.78 is 83.2. The van der Waals surface area contributed by atoms with Gasteiger partial charge in [0, 0.05) is 34.8 Å². The Hall–Kier alpha value is -4.13. The number of carbonyl (C=O) groups excluding carboxylic acids is 1. The van der Waals surface area contributed by atoms with Gasteiger partial charge in [-0.15, -0.1) is 10.2 Å². The average molecular weight is 549 g/mol. The van der Waals surface area contributed by atoms with Crippen LogP contribution in [0, 0.1) is 0 Å². The number of fused-ring (bicyclic) bond motifs is 3. The van der Waals surface area contributed by atoms with Crippen molar-refractivity contribution in [2.45, 2.75) is 43.6 Å². The highest BCUT2D eigenvalue weighted by Crippen LogP contribution is 2.53. The van der Waals surface area contributed by atoms with E-state index in [0.29, 0.717) is 17.9 Å². The first-order chi connectivity index (χ1) is 18.3. The number of allylic oxidation sites excluding steroid dienone is 3. The highest BCUT2D eigenvalue weighted by Gasteiger charge is 2.72. The summed E-state index contributed by atoms with van der Waals surface area (Å²) in [5.41, 5.74) is 0.575. The Labute approximate surface area is 217 Å². The van der Waals surface area contributed by atoms with Crippen molar-refractivity contribution in [1.29, 1.82) is 0 Å². The van der Waals surface area contributed by atoms with E-state index in [1.807, 2.05) is 11.0 Å². The maximum Gasteiger partial charge on any atom is 0.430 e. The minimum Gasteiger partial charge on any atom is -0.400 e. The SMILES string of the molecule is NC1=C2CCCC(=CC1)N2c1ccc(C(=O)Nc2ccc3ccccc3c2C(O)(C(F)(F)F)C(F)(F)F)nn1. The van der Waals surface area contributed by atoms with Crippen LogP contribution in [0.15, 0.2) is 71.7 Å². The average Bonchev–Trinajstić information content (AvgIpc) is 2.89. The standard InChI is InChI=1S/C26H21F6N5O2/c27-25(28,29)24(39,26(30,31)32)22-16-6-2-1-4-14(16)8-11-18(22)34-23(38)19-12-13-21(36-35-19)37-15-5-3-7-20(37)17(33)10-9-15/h1-2,4,6,8-9,11-13,39H,3,5,7,10,33H2,(H,34,38). The largest absolute Gasteiger partial charge is 0.430 e. The molecule has 2 aliphatic heterocycles. The van der Waals surface area contributed by atoms with E-state index < -0.39 is 40.5 Å². The number of nitrogens with one attached hydrogen (secondary N) is 1. The van der Waals surface area contributed by atoms with E-state index in [-0.39, 0.29) is 11.1 Å². The summed E-state index contributed by atoms with van der Waals surface area (Å²) in [6.07, 6.45) is -7.34. The lowest BCUT2D eigenvalue weighted by molar-refractivity contribution is -0.375. The number of piperidine rings is 1. The van der Waals surface area contributed by atoms with Crippen molar-refractivity contribution in [3.8, 4) is 0 Å². The number of rotatable bonds is 4. The summed E-state index contributed by atoms with van der Waals surface area (Å²) in [6.45, 7) is 0. The van der Waals surface area contributed by atoms with Crippen LogP contribution < -0.4 is 16.0 Å². The molecule has 2 aliphatic rings. The molecule has 1 aromatic heterocycles. The molecule has 1 saturated heterocycles. The Bertz CT molecular complexity index is 1500. The van der Waals surface area contributed by atoms with Crippen LogP contribution in [0.25, 0.3) is 10.8 Å². The molecule has 0 radical (unpaired) electrons. The molecule has 0 aliphatic carbocycles. The van der Waals surface area contributed by atoms with Crippen LogP contribution in [-0.4, -0.2) is 33.6 Å². The highest BCUT2D eigenvalue weighted by atomic mass is 19.4. The van der Waals surface area contributed by atoms with Crippen LogP contribution >= 0.6 is 0 Å². The minimum atomic E-state index is -6.16. The van der Waals surface area contributed by atoms with Gasteiger partial charge < -0.3 is 16.2 Å². The number of hydrogen-bond donors (Lipinski definition) is 3. The van der Waals surface area contributed by atoms with Crippen molar-refractivity contribution in [2.75, 3.05) is 10.2 Å². The van der Waals surface area contributed by atoms with Gasteiger partial charge in [0.05, 0.1) is 0 Å². The first-order valence-electron chi connectivity index (χ1n) is 11.8. The Kier molecular flexibility index (Phi) is 6.29. The number of hydrogen-bond acceptors (Lipinski definition) is 6. The first-order valence-corrected chi connectivity index (χ1v) is 11.8. The fourth-order valence-corrected chi connectivity index (χ4v) is 4.92. The monoisotopic (exact) mass is 549 g/mol. The number of nitrogens with zero attached hydrogens (tertiary/aromatic N) is 3. The van der Waals surface area contributed by atoms with E-state index >= 15 is 0 Å². The lowest BCUT2D eigenvalue weighted by Crippen LogP contribution is -2.54. The zero-order chi connectivity index (χ0) is 28.2. The summed E-state index contributed by atoms with van der Waals surface area (Å²) in [7, 11) is 0. The number of benzene rings is 2. The maximum absolute atomic E-state index is 13.9. The zero-order valence-electron chi connectivity index (χ0n) is 20.1. The van der Waals surface area contributed by atoms with Crippen LogP contribution in [0.4, 0.5) is 37.8 Å². The summed E-state index contributed by atoms with van der Waals surface area (Å²) in [6, 6.07) is 9.74. The normalized spacial score (nSPS) is 16.4. The third kappa shape index (κ3) is 4.36. The summed E-state index contributed by atoms with van der Waals surface area (Å²) in [5, 5.41) is 19.7. The maximum atomic E-state index is 13.9. The van der Waals surface area contributed by atoms with E-state index in [0.717, 1.165) is 42.8 Å².